The fourth-order valence-electron chi connectivity index (χ4n) is 5.64. The highest BCUT2D eigenvalue weighted by atomic mass is 35.5. The summed E-state index contributed by atoms with van der Waals surface area (Å²) in [6.45, 7) is 1.41. The first-order valence-electron chi connectivity index (χ1n) is 13.3. The third-order valence-corrected chi connectivity index (χ3v) is 9.24. The van der Waals surface area contributed by atoms with Gasteiger partial charge in [0, 0.05) is 30.2 Å². The number of hydrogen-bond acceptors (Lipinski definition) is 5. The Morgan fingerprint density at radius 1 is 0.975 bits per heavy atom. The summed E-state index contributed by atoms with van der Waals surface area (Å²) in [6.07, 6.45) is 2.48. The summed E-state index contributed by atoms with van der Waals surface area (Å²) < 4.78 is 25.5. The van der Waals surface area contributed by atoms with Gasteiger partial charge >= 0.3 is 0 Å². The molecule has 0 bridgehead atoms. The number of halogens is 1. The third-order valence-electron chi connectivity index (χ3n) is 7.68. The SMILES string of the molecule is CS(=O)(=O)N1CCC(CN2C(=O)c3ccccc3[C@@H](C(=O)NOCc3ccccc3)[C@@H]2c2ccc(Cl)cc2)CC1. The van der Waals surface area contributed by atoms with Crippen LogP contribution >= 0.6 is 11.6 Å². The lowest BCUT2D eigenvalue weighted by Crippen LogP contribution is -2.50. The van der Waals surface area contributed by atoms with E-state index in [-0.39, 0.29) is 24.3 Å². The van der Waals surface area contributed by atoms with Gasteiger partial charge in [-0.05, 0) is 53.6 Å². The molecule has 2 heterocycles. The Hall–Kier alpha value is -3.24. The van der Waals surface area contributed by atoms with Gasteiger partial charge in [-0.1, -0.05) is 72.3 Å². The lowest BCUT2D eigenvalue weighted by molar-refractivity contribution is -0.138. The lowest BCUT2D eigenvalue weighted by atomic mass is 9.78. The van der Waals surface area contributed by atoms with Crippen molar-refractivity contribution in [3.05, 3.63) is 106 Å². The molecule has 0 radical (unpaired) electrons. The molecule has 8 nitrogen and oxygen atoms in total. The number of hydroxylamine groups is 1. The Balaban J connectivity index is 1.46. The van der Waals surface area contributed by atoms with Crippen molar-refractivity contribution in [1.82, 2.24) is 14.7 Å². The number of benzene rings is 3. The van der Waals surface area contributed by atoms with E-state index in [1.807, 2.05) is 54.6 Å². The minimum atomic E-state index is -3.27. The number of hydrogen-bond donors (Lipinski definition) is 1. The summed E-state index contributed by atoms with van der Waals surface area (Å²) in [7, 11) is -3.27. The highest BCUT2D eigenvalue weighted by molar-refractivity contribution is 7.88. The molecule has 210 valence electrons. The zero-order valence-electron chi connectivity index (χ0n) is 22.2. The molecule has 0 spiro atoms. The first-order chi connectivity index (χ1) is 19.2. The van der Waals surface area contributed by atoms with E-state index in [0.29, 0.717) is 48.6 Å². The second kappa shape index (κ2) is 12.1. The predicted octanol–water partition coefficient (Wildman–Crippen LogP) is 4.54. The Kier molecular flexibility index (Phi) is 8.56. The quantitative estimate of drug-likeness (QED) is 0.394. The van der Waals surface area contributed by atoms with Crippen LogP contribution in [0.25, 0.3) is 0 Å². The van der Waals surface area contributed by atoms with Crippen LogP contribution in [0, 0.1) is 5.92 Å². The van der Waals surface area contributed by atoms with Crippen LogP contribution in [0.5, 0.6) is 0 Å². The van der Waals surface area contributed by atoms with Crippen LogP contribution < -0.4 is 5.48 Å². The van der Waals surface area contributed by atoms with E-state index in [4.69, 9.17) is 16.4 Å². The molecule has 0 aromatic heterocycles. The van der Waals surface area contributed by atoms with E-state index < -0.39 is 22.0 Å². The Morgan fingerprint density at radius 2 is 1.62 bits per heavy atom. The van der Waals surface area contributed by atoms with Crippen molar-refractivity contribution in [1.29, 1.82) is 0 Å². The molecule has 2 aliphatic heterocycles. The van der Waals surface area contributed by atoms with Gasteiger partial charge in [0.05, 0.1) is 24.8 Å². The second-order valence-electron chi connectivity index (χ2n) is 10.4. The third kappa shape index (κ3) is 6.23. The molecule has 10 heteroatoms. The molecule has 5 rings (SSSR count). The van der Waals surface area contributed by atoms with Crippen LogP contribution in [0.4, 0.5) is 0 Å². The van der Waals surface area contributed by atoms with Gasteiger partial charge in [-0.15, -0.1) is 0 Å². The minimum Gasteiger partial charge on any atom is -0.330 e. The molecule has 3 aromatic carbocycles. The van der Waals surface area contributed by atoms with Crippen LogP contribution in [0.2, 0.25) is 5.02 Å². The predicted molar refractivity (Wildman–Crippen MR) is 153 cm³/mol. The van der Waals surface area contributed by atoms with Crippen molar-refractivity contribution in [3.63, 3.8) is 0 Å². The smallest absolute Gasteiger partial charge is 0.254 e. The van der Waals surface area contributed by atoms with E-state index in [2.05, 4.69) is 5.48 Å². The van der Waals surface area contributed by atoms with Crippen molar-refractivity contribution >= 4 is 33.4 Å². The lowest BCUT2D eigenvalue weighted by Gasteiger charge is -2.44. The summed E-state index contributed by atoms with van der Waals surface area (Å²) in [5, 5.41) is 0.554. The van der Waals surface area contributed by atoms with Gasteiger partial charge in [0.15, 0.2) is 0 Å². The normalized spacial score (nSPS) is 20.2. The monoisotopic (exact) mass is 581 g/mol. The maximum Gasteiger partial charge on any atom is 0.254 e. The first kappa shape index (κ1) is 28.3. The standard InChI is InChI=1S/C30H32ClN3O5S/c1-40(37,38)33-17-15-21(16-18-33)19-34-28(23-11-13-24(31)14-12-23)27(25-9-5-6-10-26(25)30(34)36)29(35)32-39-20-22-7-3-2-4-8-22/h2-14,21,27-28H,15-20H2,1H3,(H,32,35)/t27-,28+/m1/s1. The maximum atomic E-state index is 14.0. The zero-order chi connectivity index (χ0) is 28.3. The number of piperidine rings is 1. The van der Waals surface area contributed by atoms with E-state index in [1.165, 1.54) is 10.6 Å². The van der Waals surface area contributed by atoms with Crippen LogP contribution in [-0.2, 0) is 26.3 Å². The molecular formula is C30H32ClN3O5S. The minimum absolute atomic E-state index is 0.0834. The Bertz CT molecular complexity index is 1460. The molecule has 3 aromatic rings. The second-order valence-corrected chi connectivity index (χ2v) is 12.8. The molecular weight excluding hydrogens is 550 g/mol. The van der Waals surface area contributed by atoms with Crippen molar-refractivity contribution < 1.29 is 22.8 Å². The maximum absolute atomic E-state index is 14.0. The number of nitrogens with zero attached hydrogens (tertiary/aromatic N) is 2. The molecule has 2 atom stereocenters. The van der Waals surface area contributed by atoms with Gasteiger partial charge in [0.25, 0.3) is 11.8 Å². The number of carbonyl (C=O) groups excluding carboxylic acids is 2. The highest BCUT2D eigenvalue weighted by Crippen LogP contribution is 2.44. The molecule has 0 saturated carbocycles. The van der Waals surface area contributed by atoms with Crippen LogP contribution in [0.3, 0.4) is 0 Å². The van der Waals surface area contributed by atoms with Crippen molar-refractivity contribution in [3.8, 4) is 0 Å². The van der Waals surface area contributed by atoms with Gasteiger partial charge in [0.1, 0.15) is 0 Å². The molecule has 0 aliphatic carbocycles. The van der Waals surface area contributed by atoms with E-state index >= 15 is 0 Å². The van der Waals surface area contributed by atoms with Gasteiger partial charge < -0.3 is 4.90 Å². The molecule has 2 aliphatic rings. The Morgan fingerprint density at radius 3 is 2.30 bits per heavy atom. The number of fused-ring (bicyclic) bond motifs is 1. The number of rotatable bonds is 8. The summed E-state index contributed by atoms with van der Waals surface area (Å²) in [6, 6.07) is 23.3. The fraction of sp³-hybridized carbons (Fsp3) is 0.333. The number of nitrogens with one attached hydrogen (secondary N) is 1. The summed E-state index contributed by atoms with van der Waals surface area (Å²) >= 11 is 6.19. The van der Waals surface area contributed by atoms with Crippen LogP contribution in [0.15, 0.2) is 78.9 Å². The van der Waals surface area contributed by atoms with Crippen molar-refractivity contribution in [2.75, 3.05) is 25.9 Å². The number of sulfonamides is 1. The fourth-order valence-corrected chi connectivity index (χ4v) is 6.64. The first-order valence-corrected chi connectivity index (χ1v) is 15.5. The van der Waals surface area contributed by atoms with Gasteiger partial charge in [-0.3, -0.25) is 14.4 Å². The average Bonchev–Trinajstić information content (AvgIpc) is 2.95. The average molecular weight is 582 g/mol. The molecule has 1 fully saturated rings. The topological polar surface area (TPSA) is 96.0 Å². The zero-order valence-corrected chi connectivity index (χ0v) is 23.8. The Labute approximate surface area is 239 Å². The molecule has 1 saturated heterocycles. The largest absolute Gasteiger partial charge is 0.330 e. The summed E-state index contributed by atoms with van der Waals surface area (Å²) in [4.78, 5) is 35.2. The summed E-state index contributed by atoms with van der Waals surface area (Å²) in [5.41, 5.74) is 5.45. The van der Waals surface area contributed by atoms with E-state index in [1.54, 1.807) is 29.2 Å². The van der Waals surface area contributed by atoms with Gasteiger partial charge in [-0.25, -0.2) is 18.2 Å². The molecule has 2 amide bonds. The van der Waals surface area contributed by atoms with Gasteiger partial charge in [0.2, 0.25) is 10.0 Å². The molecule has 0 unspecified atom stereocenters. The number of carbonyl (C=O) groups is 2. The highest BCUT2D eigenvalue weighted by Gasteiger charge is 2.45. The van der Waals surface area contributed by atoms with E-state index in [9.17, 15) is 18.0 Å². The van der Waals surface area contributed by atoms with Crippen molar-refractivity contribution in [2.24, 2.45) is 5.92 Å². The van der Waals surface area contributed by atoms with Crippen molar-refractivity contribution in [2.45, 2.75) is 31.4 Å². The molecule has 40 heavy (non-hydrogen) atoms. The number of amides is 2. The summed E-state index contributed by atoms with van der Waals surface area (Å²) in [5.74, 6) is -1.16. The van der Waals surface area contributed by atoms with Gasteiger partial charge in [-0.2, -0.15) is 0 Å². The van der Waals surface area contributed by atoms with Crippen LogP contribution in [-0.4, -0.2) is 55.3 Å². The molecule has 1 N–H and O–H groups in total. The van der Waals surface area contributed by atoms with Crippen LogP contribution in [0.1, 0.15) is 51.8 Å². The van der Waals surface area contributed by atoms with E-state index in [0.717, 1.165) is 11.1 Å².